The molecular weight excluding hydrogens is 290 g/mol. The highest BCUT2D eigenvalue weighted by molar-refractivity contribution is 5.70. The van der Waals surface area contributed by atoms with Crippen molar-refractivity contribution in [3.63, 3.8) is 0 Å². The Morgan fingerprint density at radius 1 is 1.17 bits per heavy atom. The molecular formula is C19H21NO3. The molecule has 4 nitrogen and oxygen atoms in total. The highest BCUT2D eigenvalue weighted by atomic mass is 16.5. The molecule has 0 amide bonds. The fourth-order valence-corrected chi connectivity index (χ4v) is 2.12. The highest BCUT2D eigenvalue weighted by Crippen LogP contribution is 2.31. The molecule has 1 aromatic heterocycles. The summed E-state index contributed by atoms with van der Waals surface area (Å²) in [5.41, 5.74) is 3.49. The van der Waals surface area contributed by atoms with Gasteiger partial charge in [-0.15, -0.1) is 0 Å². The minimum absolute atomic E-state index is 0.130. The summed E-state index contributed by atoms with van der Waals surface area (Å²) >= 11 is 0. The standard InChI is InChI=1S/C19H21NO3/c1-13(2)4-9-17-18(22)10-14(11-19(17)23-3)5-6-15-7-8-16(21)12-20-15/h4-8,10-12,21-22H,9H2,1-3H3. The van der Waals surface area contributed by atoms with Gasteiger partial charge in [-0.1, -0.05) is 17.7 Å². The van der Waals surface area contributed by atoms with E-state index in [1.165, 1.54) is 11.8 Å². The largest absolute Gasteiger partial charge is 0.507 e. The molecule has 0 fully saturated rings. The number of phenols is 1. The maximum Gasteiger partial charge on any atom is 0.133 e. The Morgan fingerprint density at radius 2 is 1.96 bits per heavy atom. The van der Waals surface area contributed by atoms with E-state index in [0.29, 0.717) is 12.2 Å². The summed E-state index contributed by atoms with van der Waals surface area (Å²) in [7, 11) is 1.59. The van der Waals surface area contributed by atoms with E-state index in [1.807, 2.05) is 38.1 Å². The van der Waals surface area contributed by atoms with Crippen molar-refractivity contribution in [2.24, 2.45) is 0 Å². The molecule has 0 aliphatic rings. The molecule has 0 unspecified atom stereocenters. The lowest BCUT2D eigenvalue weighted by Gasteiger charge is -2.10. The smallest absolute Gasteiger partial charge is 0.133 e. The normalized spacial score (nSPS) is 10.7. The van der Waals surface area contributed by atoms with E-state index in [4.69, 9.17) is 4.74 Å². The van der Waals surface area contributed by atoms with Crippen LogP contribution in [0.4, 0.5) is 0 Å². The molecule has 0 atom stereocenters. The number of aromatic hydroxyl groups is 2. The number of benzene rings is 1. The van der Waals surface area contributed by atoms with Gasteiger partial charge in [0.05, 0.1) is 19.0 Å². The van der Waals surface area contributed by atoms with Crippen LogP contribution in [-0.4, -0.2) is 22.3 Å². The molecule has 0 aliphatic carbocycles. The summed E-state index contributed by atoms with van der Waals surface area (Å²) in [6.07, 6.45) is 7.71. The summed E-state index contributed by atoms with van der Waals surface area (Å²) < 4.78 is 5.40. The predicted octanol–water partition coefficient (Wildman–Crippen LogP) is 4.18. The van der Waals surface area contributed by atoms with Crippen molar-refractivity contribution in [1.82, 2.24) is 4.98 Å². The van der Waals surface area contributed by atoms with Crippen LogP contribution in [0.2, 0.25) is 0 Å². The van der Waals surface area contributed by atoms with Crippen LogP contribution >= 0.6 is 0 Å². The molecule has 1 aromatic carbocycles. The van der Waals surface area contributed by atoms with Gasteiger partial charge in [-0.05, 0) is 56.2 Å². The molecule has 2 rings (SSSR count). The van der Waals surface area contributed by atoms with Gasteiger partial charge < -0.3 is 14.9 Å². The first kappa shape index (κ1) is 16.6. The Morgan fingerprint density at radius 3 is 2.57 bits per heavy atom. The third-order valence-corrected chi connectivity index (χ3v) is 3.36. The molecule has 1 heterocycles. The van der Waals surface area contributed by atoms with Gasteiger partial charge in [0, 0.05) is 5.56 Å². The third-order valence-electron chi connectivity index (χ3n) is 3.36. The fourth-order valence-electron chi connectivity index (χ4n) is 2.12. The van der Waals surface area contributed by atoms with Crippen molar-refractivity contribution in [3.05, 3.63) is 58.9 Å². The van der Waals surface area contributed by atoms with Crippen LogP contribution in [0.15, 0.2) is 42.1 Å². The number of hydrogen-bond acceptors (Lipinski definition) is 4. The number of ether oxygens (including phenoxy) is 1. The summed E-state index contributed by atoms with van der Waals surface area (Å²) in [5, 5.41) is 19.5. The molecule has 0 saturated carbocycles. The zero-order chi connectivity index (χ0) is 16.8. The zero-order valence-corrected chi connectivity index (χ0v) is 13.6. The fraction of sp³-hybridized carbons (Fsp3) is 0.211. The number of methoxy groups -OCH3 is 1. The summed E-state index contributed by atoms with van der Waals surface area (Å²) in [5.74, 6) is 0.992. The molecule has 120 valence electrons. The molecule has 0 aliphatic heterocycles. The van der Waals surface area contributed by atoms with Crippen molar-refractivity contribution in [2.75, 3.05) is 7.11 Å². The second-order valence-corrected chi connectivity index (χ2v) is 5.48. The van der Waals surface area contributed by atoms with Crippen LogP contribution in [-0.2, 0) is 6.42 Å². The Bertz CT molecular complexity index is 727. The van der Waals surface area contributed by atoms with E-state index in [9.17, 15) is 10.2 Å². The Labute approximate surface area is 136 Å². The van der Waals surface area contributed by atoms with Crippen molar-refractivity contribution in [2.45, 2.75) is 20.3 Å². The average Bonchev–Trinajstić information content (AvgIpc) is 2.52. The maximum absolute atomic E-state index is 10.3. The second-order valence-electron chi connectivity index (χ2n) is 5.48. The van der Waals surface area contributed by atoms with Gasteiger partial charge in [0.15, 0.2) is 0 Å². The van der Waals surface area contributed by atoms with Crippen molar-refractivity contribution >= 4 is 12.2 Å². The lowest BCUT2D eigenvalue weighted by molar-refractivity contribution is 0.401. The minimum Gasteiger partial charge on any atom is -0.507 e. The molecule has 4 heteroatoms. The molecule has 23 heavy (non-hydrogen) atoms. The topological polar surface area (TPSA) is 62.6 Å². The van der Waals surface area contributed by atoms with Gasteiger partial charge >= 0.3 is 0 Å². The van der Waals surface area contributed by atoms with E-state index in [-0.39, 0.29) is 11.5 Å². The quantitative estimate of drug-likeness (QED) is 0.813. The molecule has 2 aromatic rings. The third kappa shape index (κ3) is 4.61. The van der Waals surface area contributed by atoms with Crippen molar-refractivity contribution in [3.8, 4) is 17.2 Å². The van der Waals surface area contributed by atoms with Gasteiger partial charge in [0.25, 0.3) is 0 Å². The van der Waals surface area contributed by atoms with E-state index < -0.39 is 0 Å². The number of rotatable bonds is 5. The molecule has 0 bridgehead atoms. The first-order chi connectivity index (χ1) is 11.0. The molecule has 0 spiro atoms. The zero-order valence-electron chi connectivity index (χ0n) is 13.6. The summed E-state index contributed by atoms with van der Waals surface area (Å²) in [6.45, 7) is 4.04. The number of pyridine rings is 1. The van der Waals surface area contributed by atoms with Crippen LogP contribution in [0, 0.1) is 0 Å². The van der Waals surface area contributed by atoms with E-state index in [1.54, 1.807) is 25.3 Å². The van der Waals surface area contributed by atoms with Gasteiger partial charge in [0.1, 0.15) is 17.2 Å². The molecule has 0 saturated heterocycles. The number of phenolic OH excluding ortho intramolecular Hbond substituents is 1. The van der Waals surface area contributed by atoms with E-state index in [2.05, 4.69) is 4.98 Å². The maximum atomic E-state index is 10.3. The summed E-state index contributed by atoms with van der Waals surface area (Å²) in [6, 6.07) is 6.87. The number of allylic oxidation sites excluding steroid dienone is 2. The van der Waals surface area contributed by atoms with E-state index in [0.717, 1.165) is 16.8 Å². The van der Waals surface area contributed by atoms with Crippen LogP contribution in [0.3, 0.4) is 0 Å². The molecule has 2 N–H and O–H groups in total. The number of aromatic nitrogens is 1. The Hall–Kier alpha value is -2.75. The minimum atomic E-state index is 0.130. The lowest BCUT2D eigenvalue weighted by atomic mass is 10.0. The van der Waals surface area contributed by atoms with Crippen LogP contribution in [0.5, 0.6) is 17.2 Å². The van der Waals surface area contributed by atoms with Gasteiger partial charge in [0.2, 0.25) is 0 Å². The van der Waals surface area contributed by atoms with Gasteiger partial charge in [-0.25, -0.2) is 0 Å². The van der Waals surface area contributed by atoms with Crippen molar-refractivity contribution in [1.29, 1.82) is 0 Å². The number of hydrogen-bond donors (Lipinski definition) is 2. The van der Waals surface area contributed by atoms with Crippen LogP contribution < -0.4 is 4.74 Å². The first-order valence-corrected chi connectivity index (χ1v) is 7.36. The van der Waals surface area contributed by atoms with Gasteiger partial charge in [-0.2, -0.15) is 0 Å². The SMILES string of the molecule is COc1cc(C=Cc2ccc(O)cn2)cc(O)c1CC=C(C)C. The van der Waals surface area contributed by atoms with Crippen LogP contribution in [0.25, 0.3) is 12.2 Å². The highest BCUT2D eigenvalue weighted by Gasteiger charge is 2.09. The van der Waals surface area contributed by atoms with Gasteiger partial charge in [-0.3, -0.25) is 4.98 Å². The molecule has 0 radical (unpaired) electrons. The Balaban J connectivity index is 2.28. The predicted molar refractivity (Wildman–Crippen MR) is 92.6 cm³/mol. The average molecular weight is 311 g/mol. The summed E-state index contributed by atoms with van der Waals surface area (Å²) in [4.78, 5) is 4.09. The number of nitrogens with zero attached hydrogens (tertiary/aromatic N) is 1. The second kappa shape index (κ2) is 7.49. The Kier molecular flexibility index (Phi) is 5.41. The van der Waals surface area contributed by atoms with Crippen molar-refractivity contribution < 1.29 is 14.9 Å². The first-order valence-electron chi connectivity index (χ1n) is 7.36. The van der Waals surface area contributed by atoms with E-state index >= 15 is 0 Å². The lowest BCUT2D eigenvalue weighted by Crippen LogP contribution is -1.93. The monoisotopic (exact) mass is 311 g/mol. The van der Waals surface area contributed by atoms with Crippen LogP contribution in [0.1, 0.15) is 30.7 Å².